The summed E-state index contributed by atoms with van der Waals surface area (Å²) in [6.45, 7) is 2.55. The van der Waals surface area contributed by atoms with Crippen molar-refractivity contribution >= 4 is 0 Å². The van der Waals surface area contributed by atoms with Crippen LogP contribution in [0.5, 0.6) is 11.5 Å². The molecule has 1 aromatic rings. The van der Waals surface area contributed by atoms with Gasteiger partial charge in [-0.25, -0.2) is 0 Å². The first kappa shape index (κ1) is 13.8. The van der Waals surface area contributed by atoms with Gasteiger partial charge < -0.3 is 20.3 Å². The van der Waals surface area contributed by atoms with Crippen molar-refractivity contribution in [2.45, 2.75) is 25.8 Å². The van der Waals surface area contributed by atoms with E-state index in [9.17, 15) is 0 Å². The van der Waals surface area contributed by atoms with Gasteiger partial charge in [0.1, 0.15) is 6.61 Å². The van der Waals surface area contributed by atoms with Gasteiger partial charge in [0.05, 0.1) is 7.11 Å². The molecule has 0 saturated heterocycles. The van der Waals surface area contributed by atoms with Gasteiger partial charge in [-0.2, -0.15) is 0 Å². The van der Waals surface area contributed by atoms with E-state index in [1.165, 1.54) is 5.56 Å². The first-order chi connectivity index (χ1) is 8.21. The zero-order valence-corrected chi connectivity index (χ0v) is 10.5. The lowest BCUT2D eigenvalue weighted by molar-refractivity contribution is 0.228. The van der Waals surface area contributed by atoms with Gasteiger partial charge in [-0.3, -0.25) is 0 Å². The highest BCUT2D eigenvalue weighted by Crippen LogP contribution is 2.28. The monoisotopic (exact) mass is 239 g/mol. The van der Waals surface area contributed by atoms with Crippen molar-refractivity contribution in [3.8, 4) is 11.5 Å². The quantitative estimate of drug-likeness (QED) is 0.753. The molecule has 0 amide bonds. The van der Waals surface area contributed by atoms with Crippen LogP contribution in [0.2, 0.25) is 0 Å². The molecule has 0 bridgehead atoms. The number of aryl methyl sites for hydroxylation is 1. The number of benzene rings is 1. The van der Waals surface area contributed by atoms with E-state index in [2.05, 4.69) is 6.92 Å². The Labute approximate surface area is 102 Å². The van der Waals surface area contributed by atoms with Gasteiger partial charge in [-0.15, -0.1) is 0 Å². The Morgan fingerprint density at radius 3 is 2.71 bits per heavy atom. The van der Waals surface area contributed by atoms with Crippen molar-refractivity contribution in [1.29, 1.82) is 0 Å². The third kappa shape index (κ3) is 4.24. The van der Waals surface area contributed by atoms with Gasteiger partial charge in [0.2, 0.25) is 0 Å². The molecule has 0 heterocycles. The van der Waals surface area contributed by atoms with Crippen LogP contribution in [-0.4, -0.2) is 31.5 Å². The van der Waals surface area contributed by atoms with Crippen LogP contribution >= 0.6 is 0 Å². The van der Waals surface area contributed by atoms with Gasteiger partial charge in [-0.1, -0.05) is 13.0 Å². The van der Waals surface area contributed by atoms with Crippen LogP contribution in [0.25, 0.3) is 0 Å². The minimum Gasteiger partial charge on any atom is -0.493 e. The second-order valence-corrected chi connectivity index (χ2v) is 3.92. The second kappa shape index (κ2) is 7.14. The summed E-state index contributed by atoms with van der Waals surface area (Å²) in [5.41, 5.74) is 6.96. The molecule has 0 spiro atoms. The van der Waals surface area contributed by atoms with E-state index in [1.54, 1.807) is 7.11 Å². The molecule has 4 heteroatoms. The summed E-state index contributed by atoms with van der Waals surface area (Å²) in [6, 6.07) is 5.71. The van der Waals surface area contributed by atoms with E-state index in [-0.39, 0.29) is 12.6 Å². The molecular formula is C13H21NO3. The molecule has 0 aliphatic carbocycles. The minimum atomic E-state index is -0.157. The molecule has 0 saturated carbocycles. The maximum absolute atomic E-state index is 8.74. The number of aliphatic hydroxyl groups excluding tert-OH is 1. The van der Waals surface area contributed by atoms with Crippen molar-refractivity contribution in [3.63, 3.8) is 0 Å². The van der Waals surface area contributed by atoms with Crippen LogP contribution in [0.4, 0.5) is 0 Å². The number of ether oxygens (including phenoxy) is 2. The first-order valence-electron chi connectivity index (χ1n) is 5.87. The normalized spacial score (nSPS) is 12.2. The zero-order chi connectivity index (χ0) is 12.7. The summed E-state index contributed by atoms with van der Waals surface area (Å²) < 4.78 is 10.8. The van der Waals surface area contributed by atoms with Gasteiger partial charge in [0.25, 0.3) is 0 Å². The van der Waals surface area contributed by atoms with Crippen molar-refractivity contribution in [1.82, 2.24) is 0 Å². The van der Waals surface area contributed by atoms with E-state index < -0.39 is 0 Å². The topological polar surface area (TPSA) is 64.7 Å². The van der Waals surface area contributed by atoms with Crippen LogP contribution in [0, 0.1) is 0 Å². The summed E-state index contributed by atoms with van der Waals surface area (Å²) in [5.74, 6) is 1.42. The fourth-order valence-electron chi connectivity index (χ4n) is 1.50. The van der Waals surface area contributed by atoms with E-state index >= 15 is 0 Å². The molecular weight excluding hydrogens is 218 g/mol. The molecule has 1 rings (SSSR count). The molecule has 0 fully saturated rings. The number of hydrogen-bond acceptors (Lipinski definition) is 4. The SMILES string of the molecule is CCc1ccc(OCC(N)CCO)c(OC)c1. The first-order valence-corrected chi connectivity index (χ1v) is 5.87. The fraction of sp³-hybridized carbons (Fsp3) is 0.538. The van der Waals surface area contributed by atoms with Crippen LogP contribution in [0.15, 0.2) is 18.2 Å². The molecule has 4 nitrogen and oxygen atoms in total. The second-order valence-electron chi connectivity index (χ2n) is 3.92. The maximum atomic E-state index is 8.74. The Hall–Kier alpha value is -1.26. The Morgan fingerprint density at radius 2 is 2.12 bits per heavy atom. The Bertz CT molecular complexity index is 341. The molecule has 1 unspecified atom stereocenters. The third-order valence-corrected chi connectivity index (χ3v) is 2.59. The van der Waals surface area contributed by atoms with Crippen LogP contribution in [0.1, 0.15) is 18.9 Å². The number of methoxy groups -OCH3 is 1. The molecule has 0 radical (unpaired) electrons. The largest absolute Gasteiger partial charge is 0.493 e. The standard InChI is InChI=1S/C13H21NO3/c1-3-10-4-5-12(13(8-10)16-2)17-9-11(14)6-7-15/h4-5,8,11,15H,3,6-7,9,14H2,1-2H3. The Morgan fingerprint density at radius 1 is 1.35 bits per heavy atom. The van der Waals surface area contributed by atoms with Crippen LogP contribution in [0.3, 0.4) is 0 Å². The summed E-state index contributed by atoms with van der Waals surface area (Å²) >= 11 is 0. The van der Waals surface area contributed by atoms with Gasteiger partial charge in [0.15, 0.2) is 11.5 Å². The molecule has 96 valence electrons. The average molecular weight is 239 g/mol. The number of rotatable bonds is 7. The van der Waals surface area contributed by atoms with Gasteiger partial charge in [-0.05, 0) is 30.5 Å². The van der Waals surface area contributed by atoms with Crippen molar-refractivity contribution in [2.24, 2.45) is 5.73 Å². The highest BCUT2D eigenvalue weighted by molar-refractivity contribution is 5.42. The maximum Gasteiger partial charge on any atom is 0.161 e. The lowest BCUT2D eigenvalue weighted by Gasteiger charge is -2.15. The lowest BCUT2D eigenvalue weighted by atomic mass is 10.1. The predicted molar refractivity (Wildman–Crippen MR) is 67.5 cm³/mol. The molecule has 0 aromatic heterocycles. The van der Waals surface area contributed by atoms with E-state index in [4.69, 9.17) is 20.3 Å². The minimum absolute atomic E-state index is 0.0798. The van der Waals surface area contributed by atoms with E-state index in [1.807, 2.05) is 18.2 Å². The van der Waals surface area contributed by atoms with Crippen LogP contribution < -0.4 is 15.2 Å². The average Bonchev–Trinajstić information content (AvgIpc) is 2.36. The number of nitrogens with two attached hydrogens (primary N) is 1. The highest BCUT2D eigenvalue weighted by Gasteiger charge is 2.08. The Kier molecular flexibility index (Phi) is 5.80. The van der Waals surface area contributed by atoms with Crippen LogP contribution in [-0.2, 0) is 6.42 Å². The van der Waals surface area contributed by atoms with E-state index in [0.717, 1.165) is 12.2 Å². The summed E-state index contributed by atoms with van der Waals surface area (Å²) in [7, 11) is 1.62. The zero-order valence-electron chi connectivity index (χ0n) is 10.5. The fourth-order valence-corrected chi connectivity index (χ4v) is 1.50. The van der Waals surface area contributed by atoms with Crippen molar-refractivity contribution in [3.05, 3.63) is 23.8 Å². The number of aliphatic hydroxyl groups is 1. The smallest absolute Gasteiger partial charge is 0.161 e. The lowest BCUT2D eigenvalue weighted by Crippen LogP contribution is -2.28. The van der Waals surface area contributed by atoms with Crippen molar-refractivity contribution in [2.75, 3.05) is 20.3 Å². The molecule has 17 heavy (non-hydrogen) atoms. The third-order valence-electron chi connectivity index (χ3n) is 2.59. The van der Waals surface area contributed by atoms with Gasteiger partial charge in [0, 0.05) is 12.6 Å². The molecule has 0 aliphatic rings. The highest BCUT2D eigenvalue weighted by atomic mass is 16.5. The predicted octanol–water partition coefficient (Wildman–Crippen LogP) is 1.35. The summed E-state index contributed by atoms with van der Waals surface area (Å²) in [4.78, 5) is 0. The molecule has 1 aromatic carbocycles. The summed E-state index contributed by atoms with van der Waals surface area (Å²) in [6.07, 6.45) is 1.50. The number of hydrogen-bond donors (Lipinski definition) is 2. The molecule has 0 aliphatic heterocycles. The molecule has 1 atom stereocenters. The summed E-state index contributed by atoms with van der Waals surface area (Å²) in [5, 5.41) is 8.74. The van der Waals surface area contributed by atoms with E-state index in [0.29, 0.717) is 18.8 Å². The van der Waals surface area contributed by atoms with Crippen molar-refractivity contribution < 1.29 is 14.6 Å². The Balaban J connectivity index is 2.63. The molecule has 3 N–H and O–H groups in total. The van der Waals surface area contributed by atoms with Gasteiger partial charge >= 0.3 is 0 Å².